The normalized spacial score (nSPS) is 17.1. The molecular formula is C18H39NO. The molecule has 0 aromatic rings. The van der Waals surface area contributed by atoms with E-state index in [1.807, 2.05) is 13.8 Å². The van der Waals surface area contributed by atoms with Crippen molar-refractivity contribution in [2.45, 2.75) is 85.7 Å². The fourth-order valence-electron chi connectivity index (χ4n) is 2.58. The quantitative estimate of drug-likeness (QED) is 0.545. The van der Waals surface area contributed by atoms with Crippen LogP contribution in [0.2, 0.25) is 0 Å². The molecule has 0 aliphatic carbocycles. The summed E-state index contributed by atoms with van der Waals surface area (Å²) in [6, 6.07) is 0. The second kappa shape index (κ2) is 13.9. The first-order chi connectivity index (χ1) is 9.72. The zero-order valence-electron chi connectivity index (χ0n) is 14.8. The van der Waals surface area contributed by atoms with Gasteiger partial charge < -0.3 is 9.64 Å². The molecule has 0 amide bonds. The Morgan fingerprint density at radius 2 is 1.70 bits per heavy atom. The molecule has 1 aliphatic rings. The summed E-state index contributed by atoms with van der Waals surface area (Å²) in [4.78, 5) is 2.63. The zero-order chi connectivity index (χ0) is 15.2. The van der Waals surface area contributed by atoms with Crippen LogP contribution in [0.25, 0.3) is 0 Å². The summed E-state index contributed by atoms with van der Waals surface area (Å²) in [6.45, 7) is 15.6. The highest BCUT2D eigenvalue weighted by Crippen LogP contribution is 2.15. The molecule has 1 aliphatic heterocycles. The van der Waals surface area contributed by atoms with E-state index in [1.54, 1.807) is 0 Å². The molecule has 122 valence electrons. The standard InChI is InChI=1S/C16H33NO.C2H6/c1-4-5-14-18-16-9-12-17(13-10-16)11-7-6-8-15(2)3;1-2/h15-16H,4-14H2,1-3H3;1-2H3. The lowest BCUT2D eigenvalue weighted by Gasteiger charge is -2.31. The molecule has 0 N–H and O–H groups in total. The van der Waals surface area contributed by atoms with E-state index < -0.39 is 0 Å². The Labute approximate surface area is 128 Å². The summed E-state index contributed by atoms with van der Waals surface area (Å²) in [5.41, 5.74) is 0. The smallest absolute Gasteiger partial charge is 0.0599 e. The zero-order valence-corrected chi connectivity index (χ0v) is 14.8. The van der Waals surface area contributed by atoms with Crippen molar-refractivity contribution in [2.75, 3.05) is 26.2 Å². The van der Waals surface area contributed by atoms with Crippen LogP contribution >= 0.6 is 0 Å². The Kier molecular flexibility index (Phi) is 13.8. The highest BCUT2D eigenvalue weighted by molar-refractivity contribution is 4.72. The molecule has 0 radical (unpaired) electrons. The average Bonchev–Trinajstić information content (AvgIpc) is 2.47. The van der Waals surface area contributed by atoms with E-state index in [-0.39, 0.29) is 0 Å². The molecule has 0 aromatic carbocycles. The van der Waals surface area contributed by atoms with Gasteiger partial charge in [-0.25, -0.2) is 0 Å². The Hall–Kier alpha value is -0.0800. The first-order valence-corrected chi connectivity index (χ1v) is 9.06. The lowest BCUT2D eigenvalue weighted by Crippen LogP contribution is -2.37. The molecule has 2 heteroatoms. The van der Waals surface area contributed by atoms with Crippen molar-refractivity contribution in [1.29, 1.82) is 0 Å². The fourth-order valence-corrected chi connectivity index (χ4v) is 2.58. The second-order valence-electron chi connectivity index (χ2n) is 6.15. The molecule has 0 aromatic heterocycles. The SMILES string of the molecule is CC.CCCCOC1CCN(CCCCC(C)C)CC1. The highest BCUT2D eigenvalue weighted by Gasteiger charge is 2.18. The molecule has 0 bridgehead atoms. The number of rotatable bonds is 9. The van der Waals surface area contributed by atoms with Crippen LogP contribution < -0.4 is 0 Å². The van der Waals surface area contributed by atoms with Crippen LogP contribution in [0.5, 0.6) is 0 Å². The van der Waals surface area contributed by atoms with Gasteiger partial charge in [0.15, 0.2) is 0 Å². The summed E-state index contributed by atoms with van der Waals surface area (Å²) in [7, 11) is 0. The highest BCUT2D eigenvalue weighted by atomic mass is 16.5. The Morgan fingerprint density at radius 1 is 1.05 bits per heavy atom. The largest absolute Gasteiger partial charge is 0.378 e. The maximum Gasteiger partial charge on any atom is 0.0599 e. The summed E-state index contributed by atoms with van der Waals surface area (Å²) in [5, 5.41) is 0. The van der Waals surface area contributed by atoms with Crippen LogP contribution in [-0.4, -0.2) is 37.2 Å². The van der Waals surface area contributed by atoms with E-state index in [0.29, 0.717) is 6.10 Å². The predicted molar refractivity (Wildman–Crippen MR) is 90.4 cm³/mol. The number of nitrogens with zero attached hydrogens (tertiary/aromatic N) is 1. The van der Waals surface area contributed by atoms with Crippen LogP contribution in [0.3, 0.4) is 0 Å². The third kappa shape index (κ3) is 10.7. The van der Waals surface area contributed by atoms with E-state index in [1.165, 1.54) is 64.6 Å². The third-order valence-corrected chi connectivity index (χ3v) is 3.89. The molecule has 2 nitrogen and oxygen atoms in total. The number of ether oxygens (including phenoxy) is 1. The molecule has 1 saturated heterocycles. The molecule has 20 heavy (non-hydrogen) atoms. The summed E-state index contributed by atoms with van der Waals surface area (Å²) < 4.78 is 5.90. The lowest BCUT2D eigenvalue weighted by atomic mass is 10.0. The summed E-state index contributed by atoms with van der Waals surface area (Å²) in [5.74, 6) is 0.864. The molecule has 0 spiro atoms. The minimum absolute atomic E-state index is 0.545. The van der Waals surface area contributed by atoms with Crippen LogP contribution in [0.1, 0.15) is 79.6 Å². The number of unbranched alkanes of at least 4 members (excludes halogenated alkanes) is 2. The molecule has 0 unspecified atom stereocenters. The Morgan fingerprint density at radius 3 is 2.25 bits per heavy atom. The molecule has 0 atom stereocenters. The van der Waals surface area contributed by atoms with Crippen LogP contribution in [-0.2, 0) is 4.74 Å². The summed E-state index contributed by atoms with van der Waals surface area (Å²) in [6.07, 6.45) is 9.65. The maximum absolute atomic E-state index is 5.90. The number of likely N-dealkylation sites (tertiary alicyclic amines) is 1. The van der Waals surface area contributed by atoms with Gasteiger partial charge in [0, 0.05) is 19.7 Å². The van der Waals surface area contributed by atoms with Crippen molar-refractivity contribution in [3.63, 3.8) is 0 Å². The van der Waals surface area contributed by atoms with Gasteiger partial charge in [-0.3, -0.25) is 0 Å². The van der Waals surface area contributed by atoms with Gasteiger partial charge in [-0.1, -0.05) is 53.9 Å². The van der Waals surface area contributed by atoms with Gasteiger partial charge in [-0.2, -0.15) is 0 Å². The van der Waals surface area contributed by atoms with Gasteiger partial charge >= 0.3 is 0 Å². The minimum Gasteiger partial charge on any atom is -0.378 e. The lowest BCUT2D eigenvalue weighted by molar-refractivity contribution is 0.00610. The van der Waals surface area contributed by atoms with Crippen LogP contribution in [0, 0.1) is 5.92 Å². The van der Waals surface area contributed by atoms with E-state index in [9.17, 15) is 0 Å². The van der Waals surface area contributed by atoms with E-state index in [2.05, 4.69) is 25.7 Å². The van der Waals surface area contributed by atoms with Crippen molar-refractivity contribution >= 4 is 0 Å². The molecule has 0 saturated carbocycles. The minimum atomic E-state index is 0.545. The molecule has 1 heterocycles. The van der Waals surface area contributed by atoms with Crippen molar-refractivity contribution in [3.05, 3.63) is 0 Å². The first kappa shape index (κ1) is 19.9. The Bertz CT molecular complexity index is 186. The number of hydrogen-bond donors (Lipinski definition) is 0. The van der Waals surface area contributed by atoms with Gasteiger partial charge in [0.05, 0.1) is 6.10 Å². The van der Waals surface area contributed by atoms with Crippen molar-refractivity contribution in [1.82, 2.24) is 4.90 Å². The third-order valence-electron chi connectivity index (χ3n) is 3.89. The Balaban J connectivity index is 0.00000172. The number of hydrogen-bond acceptors (Lipinski definition) is 2. The summed E-state index contributed by atoms with van der Waals surface area (Å²) >= 11 is 0. The van der Waals surface area contributed by atoms with E-state index in [4.69, 9.17) is 4.74 Å². The van der Waals surface area contributed by atoms with Gasteiger partial charge in [0.2, 0.25) is 0 Å². The van der Waals surface area contributed by atoms with Gasteiger partial charge in [0.25, 0.3) is 0 Å². The maximum atomic E-state index is 5.90. The van der Waals surface area contributed by atoms with E-state index >= 15 is 0 Å². The fraction of sp³-hybridized carbons (Fsp3) is 1.00. The first-order valence-electron chi connectivity index (χ1n) is 9.06. The second-order valence-corrected chi connectivity index (χ2v) is 6.15. The van der Waals surface area contributed by atoms with E-state index in [0.717, 1.165) is 12.5 Å². The van der Waals surface area contributed by atoms with Crippen molar-refractivity contribution < 1.29 is 4.74 Å². The van der Waals surface area contributed by atoms with Gasteiger partial charge in [-0.05, 0) is 38.1 Å². The number of piperidine rings is 1. The van der Waals surface area contributed by atoms with Crippen molar-refractivity contribution in [2.24, 2.45) is 5.92 Å². The van der Waals surface area contributed by atoms with Gasteiger partial charge in [0.1, 0.15) is 0 Å². The van der Waals surface area contributed by atoms with Crippen molar-refractivity contribution in [3.8, 4) is 0 Å². The molecular weight excluding hydrogens is 246 g/mol. The van der Waals surface area contributed by atoms with Crippen LogP contribution in [0.4, 0.5) is 0 Å². The molecule has 1 fully saturated rings. The monoisotopic (exact) mass is 285 g/mol. The predicted octanol–water partition coefficient (Wildman–Crippen LogP) is 5.12. The molecule has 1 rings (SSSR count). The van der Waals surface area contributed by atoms with Gasteiger partial charge in [-0.15, -0.1) is 0 Å². The average molecular weight is 286 g/mol. The van der Waals surface area contributed by atoms with Crippen LogP contribution in [0.15, 0.2) is 0 Å². The topological polar surface area (TPSA) is 12.5 Å².